The molecule has 0 aliphatic heterocycles. The maximum atomic E-state index is 6.00. The number of nitrogens with one attached hydrogen (secondary N) is 1. The molecule has 3 rings (SSSR count). The molecule has 1 aromatic carbocycles. The first-order valence-electron chi connectivity index (χ1n) is 6.39. The number of anilines is 1. The SMILES string of the molecule is Cc1nn(C)cc1CNc1nc2cc(Cl)ccc2n1C. The van der Waals surface area contributed by atoms with Crippen molar-refractivity contribution in [2.45, 2.75) is 13.5 Å². The molecule has 0 spiro atoms. The first-order chi connectivity index (χ1) is 9.54. The highest BCUT2D eigenvalue weighted by molar-refractivity contribution is 6.31. The number of halogens is 1. The monoisotopic (exact) mass is 289 g/mol. The van der Waals surface area contributed by atoms with Gasteiger partial charge in [0.2, 0.25) is 5.95 Å². The summed E-state index contributed by atoms with van der Waals surface area (Å²) in [7, 11) is 3.91. The van der Waals surface area contributed by atoms with Crippen LogP contribution in [0.1, 0.15) is 11.3 Å². The Bertz CT molecular complexity index is 771. The molecular weight excluding hydrogens is 274 g/mol. The van der Waals surface area contributed by atoms with E-state index in [2.05, 4.69) is 15.4 Å². The maximum Gasteiger partial charge on any atom is 0.203 e. The van der Waals surface area contributed by atoms with Gasteiger partial charge < -0.3 is 9.88 Å². The van der Waals surface area contributed by atoms with E-state index in [1.165, 1.54) is 0 Å². The van der Waals surface area contributed by atoms with Gasteiger partial charge in [0.1, 0.15) is 0 Å². The topological polar surface area (TPSA) is 47.7 Å². The van der Waals surface area contributed by atoms with Crippen molar-refractivity contribution in [1.29, 1.82) is 0 Å². The van der Waals surface area contributed by atoms with E-state index in [4.69, 9.17) is 11.6 Å². The van der Waals surface area contributed by atoms with E-state index >= 15 is 0 Å². The smallest absolute Gasteiger partial charge is 0.203 e. The minimum atomic E-state index is 0.699. The highest BCUT2D eigenvalue weighted by Gasteiger charge is 2.09. The number of hydrogen-bond acceptors (Lipinski definition) is 3. The summed E-state index contributed by atoms with van der Waals surface area (Å²) in [5, 5.41) is 8.38. The van der Waals surface area contributed by atoms with Crippen LogP contribution >= 0.6 is 11.6 Å². The first kappa shape index (κ1) is 13.0. The van der Waals surface area contributed by atoms with Crippen LogP contribution in [0, 0.1) is 6.92 Å². The predicted octanol–water partition coefficient (Wildman–Crippen LogP) is 2.88. The van der Waals surface area contributed by atoms with Crippen molar-refractivity contribution in [3.63, 3.8) is 0 Å². The van der Waals surface area contributed by atoms with Crippen molar-refractivity contribution in [2.24, 2.45) is 14.1 Å². The van der Waals surface area contributed by atoms with E-state index in [0.717, 1.165) is 28.2 Å². The summed E-state index contributed by atoms with van der Waals surface area (Å²) in [5.41, 5.74) is 4.14. The number of benzene rings is 1. The summed E-state index contributed by atoms with van der Waals surface area (Å²) >= 11 is 6.00. The minimum absolute atomic E-state index is 0.699. The molecule has 0 atom stereocenters. The molecule has 0 aliphatic carbocycles. The average molecular weight is 290 g/mol. The van der Waals surface area contributed by atoms with Crippen LogP contribution in [-0.4, -0.2) is 19.3 Å². The zero-order valence-corrected chi connectivity index (χ0v) is 12.4. The second kappa shape index (κ2) is 4.83. The van der Waals surface area contributed by atoms with E-state index < -0.39 is 0 Å². The zero-order valence-electron chi connectivity index (χ0n) is 11.7. The van der Waals surface area contributed by atoms with Crippen molar-refractivity contribution >= 4 is 28.6 Å². The van der Waals surface area contributed by atoms with Gasteiger partial charge in [-0.2, -0.15) is 5.10 Å². The van der Waals surface area contributed by atoms with E-state index in [9.17, 15) is 0 Å². The second-order valence-electron chi connectivity index (χ2n) is 4.89. The molecule has 0 aliphatic rings. The van der Waals surface area contributed by atoms with Gasteiger partial charge in [0.15, 0.2) is 0 Å². The van der Waals surface area contributed by atoms with Crippen LogP contribution in [0.15, 0.2) is 24.4 Å². The van der Waals surface area contributed by atoms with Gasteiger partial charge in [-0.25, -0.2) is 4.98 Å². The molecule has 2 aromatic heterocycles. The van der Waals surface area contributed by atoms with Crippen molar-refractivity contribution in [2.75, 3.05) is 5.32 Å². The zero-order chi connectivity index (χ0) is 14.3. The maximum absolute atomic E-state index is 6.00. The Labute approximate surface area is 122 Å². The molecule has 1 N–H and O–H groups in total. The van der Waals surface area contributed by atoms with Crippen molar-refractivity contribution in [3.8, 4) is 0 Å². The molecule has 0 radical (unpaired) electrons. The Balaban J connectivity index is 1.87. The number of imidazole rings is 1. The van der Waals surface area contributed by atoms with Crippen LogP contribution in [0.25, 0.3) is 11.0 Å². The van der Waals surface area contributed by atoms with E-state index in [1.807, 2.05) is 54.7 Å². The summed E-state index contributed by atoms with van der Waals surface area (Å²) in [4.78, 5) is 4.56. The molecule has 3 aromatic rings. The molecule has 104 valence electrons. The normalized spacial score (nSPS) is 11.2. The largest absolute Gasteiger partial charge is 0.351 e. The van der Waals surface area contributed by atoms with Crippen LogP contribution < -0.4 is 5.32 Å². The van der Waals surface area contributed by atoms with Gasteiger partial charge in [0.05, 0.1) is 16.7 Å². The number of aromatic nitrogens is 4. The highest BCUT2D eigenvalue weighted by atomic mass is 35.5. The first-order valence-corrected chi connectivity index (χ1v) is 6.77. The second-order valence-corrected chi connectivity index (χ2v) is 5.33. The Hall–Kier alpha value is -2.01. The Morgan fingerprint density at radius 3 is 2.80 bits per heavy atom. The van der Waals surface area contributed by atoms with Crippen LogP contribution in [0.4, 0.5) is 5.95 Å². The molecule has 6 heteroatoms. The quantitative estimate of drug-likeness (QED) is 0.806. The molecule has 0 bridgehead atoms. The number of aryl methyl sites for hydroxylation is 3. The van der Waals surface area contributed by atoms with Gasteiger partial charge in [-0.05, 0) is 25.1 Å². The van der Waals surface area contributed by atoms with Crippen LogP contribution in [0.3, 0.4) is 0 Å². The molecule has 0 unspecified atom stereocenters. The fourth-order valence-electron chi connectivity index (χ4n) is 2.33. The van der Waals surface area contributed by atoms with E-state index in [1.54, 1.807) is 0 Å². The average Bonchev–Trinajstić information content (AvgIpc) is 2.87. The highest BCUT2D eigenvalue weighted by Crippen LogP contribution is 2.22. The van der Waals surface area contributed by atoms with Crippen LogP contribution in [0.2, 0.25) is 5.02 Å². The lowest BCUT2D eigenvalue weighted by Crippen LogP contribution is -2.05. The fourth-order valence-corrected chi connectivity index (χ4v) is 2.49. The van der Waals surface area contributed by atoms with Crippen molar-refractivity contribution in [1.82, 2.24) is 19.3 Å². The fraction of sp³-hybridized carbons (Fsp3) is 0.286. The summed E-state index contributed by atoms with van der Waals surface area (Å²) in [6.07, 6.45) is 2.02. The third-order valence-electron chi connectivity index (χ3n) is 3.39. The number of rotatable bonds is 3. The lowest BCUT2D eigenvalue weighted by molar-refractivity contribution is 0.756. The lowest BCUT2D eigenvalue weighted by Gasteiger charge is -2.05. The Kier molecular flexibility index (Phi) is 3.14. The Morgan fingerprint density at radius 2 is 2.10 bits per heavy atom. The summed E-state index contributed by atoms with van der Waals surface area (Å²) in [6, 6.07) is 5.73. The molecular formula is C14H16ClN5. The molecule has 20 heavy (non-hydrogen) atoms. The molecule has 0 amide bonds. The molecule has 2 heterocycles. The van der Waals surface area contributed by atoms with Gasteiger partial charge in [-0.15, -0.1) is 0 Å². The van der Waals surface area contributed by atoms with Gasteiger partial charge in [0.25, 0.3) is 0 Å². The molecule has 5 nitrogen and oxygen atoms in total. The Morgan fingerprint density at radius 1 is 1.30 bits per heavy atom. The minimum Gasteiger partial charge on any atom is -0.351 e. The predicted molar refractivity (Wildman–Crippen MR) is 81.0 cm³/mol. The molecule has 0 saturated heterocycles. The number of fused-ring (bicyclic) bond motifs is 1. The summed E-state index contributed by atoms with van der Waals surface area (Å²) in [5.74, 6) is 0.825. The van der Waals surface area contributed by atoms with Crippen molar-refractivity contribution < 1.29 is 0 Å². The standard InChI is InChI=1S/C14H16ClN5/c1-9-10(8-19(2)18-9)7-16-14-17-12-6-11(15)4-5-13(12)20(14)3/h4-6,8H,7H2,1-3H3,(H,16,17). The van der Waals surface area contributed by atoms with Crippen LogP contribution in [0.5, 0.6) is 0 Å². The van der Waals surface area contributed by atoms with Crippen LogP contribution in [-0.2, 0) is 20.6 Å². The van der Waals surface area contributed by atoms with Gasteiger partial charge in [-0.1, -0.05) is 11.6 Å². The number of hydrogen-bond donors (Lipinski definition) is 1. The molecule has 0 saturated carbocycles. The lowest BCUT2D eigenvalue weighted by atomic mass is 10.3. The van der Waals surface area contributed by atoms with E-state index in [0.29, 0.717) is 11.6 Å². The van der Waals surface area contributed by atoms with E-state index in [-0.39, 0.29) is 0 Å². The third kappa shape index (κ3) is 2.25. The van der Waals surface area contributed by atoms with Gasteiger partial charge in [-0.3, -0.25) is 4.68 Å². The summed E-state index contributed by atoms with van der Waals surface area (Å²) in [6.45, 7) is 2.70. The molecule has 0 fully saturated rings. The van der Waals surface area contributed by atoms with Crippen molar-refractivity contribution in [3.05, 3.63) is 40.7 Å². The number of nitrogens with zero attached hydrogens (tertiary/aromatic N) is 4. The van der Waals surface area contributed by atoms with Gasteiger partial charge in [0, 0.05) is 37.4 Å². The summed E-state index contributed by atoms with van der Waals surface area (Å²) < 4.78 is 3.85. The third-order valence-corrected chi connectivity index (χ3v) is 3.63. The van der Waals surface area contributed by atoms with Gasteiger partial charge >= 0.3 is 0 Å².